The van der Waals surface area contributed by atoms with E-state index < -0.39 is 123 Å². The highest BCUT2D eigenvalue weighted by Crippen LogP contribution is 2.55. The molecule has 5 bridgehead atoms. The number of allylic oxidation sites excluding steroid dienone is 2. The van der Waals surface area contributed by atoms with Crippen molar-refractivity contribution in [1.29, 1.82) is 0 Å². The molecule has 1 unspecified atom stereocenters. The Morgan fingerprint density at radius 3 is 2.29 bits per heavy atom. The Morgan fingerprint density at radius 1 is 0.919 bits per heavy atom. The largest absolute Gasteiger partial charge is 0.508 e. The highest BCUT2D eigenvalue weighted by atomic mass is 19.1. The number of methoxy groups -OCH3 is 1. The maximum absolute atomic E-state index is 16.1. The molecular weight excluding hydrogens is 1120 g/mol. The first-order valence-electron chi connectivity index (χ1n) is 28.1. The summed E-state index contributed by atoms with van der Waals surface area (Å²) in [5.74, 6) is -12.7. The first-order valence-corrected chi connectivity index (χ1v) is 28.1. The number of pyridine rings is 2. The Bertz CT molecular complexity index is 3750. The minimum absolute atomic E-state index is 0.0151. The number of aliphatic hydroxyl groups is 3. The third kappa shape index (κ3) is 11.6. The quantitative estimate of drug-likeness (QED) is 0.0258. The third-order valence-electron chi connectivity index (χ3n) is 17.0. The van der Waals surface area contributed by atoms with Gasteiger partial charge in [0.25, 0.3) is 11.7 Å². The van der Waals surface area contributed by atoms with Crippen molar-refractivity contribution in [3.63, 3.8) is 0 Å². The fraction of sp³-hybridized carbons (Fsp3) is 0.419. The maximum atomic E-state index is 16.1. The van der Waals surface area contributed by atoms with Crippen LogP contribution in [0.15, 0.2) is 83.1 Å². The molecule has 5 aromatic rings. The topological polar surface area (TPSA) is 279 Å². The first kappa shape index (κ1) is 62.1. The van der Waals surface area contributed by atoms with Gasteiger partial charge < -0.3 is 59.8 Å². The molecule has 3 aromatic carbocycles. The van der Waals surface area contributed by atoms with E-state index in [4.69, 9.17) is 18.9 Å². The number of hydrogen-bond acceptors (Lipinski definition) is 19. The van der Waals surface area contributed by atoms with E-state index >= 15 is 8.78 Å². The smallest absolute Gasteiger partial charge is 0.312 e. The maximum Gasteiger partial charge on any atom is 0.312 e. The number of fused-ring (bicyclic) bond motifs is 15. The summed E-state index contributed by atoms with van der Waals surface area (Å²) in [6, 6.07) is 3.63. The number of benzene rings is 3. The number of nitrogens with one attached hydrogen (secondary N) is 1. The minimum atomic E-state index is -2.15. The monoisotopic (exact) mass is 1190 g/mol. The van der Waals surface area contributed by atoms with Crippen LogP contribution in [0.25, 0.3) is 33.3 Å². The summed E-state index contributed by atoms with van der Waals surface area (Å²) >= 11 is 0. The number of aromatic hydroxyl groups is 3. The van der Waals surface area contributed by atoms with Gasteiger partial charge in [-0.3, -0.25) is 33.7 Å². The van der Waals surface area contributed by atoms with Crippen LogP contribution in [-0.2, 0) is 23.8 Å². The number of piperazine rings is 1. The van der Waals surface area contributed by atoms with Crippen LogP contribution in [0.5, 0.6) is 23.0 Å². The summed E-state index contributed by atoms with van der Waals surface area (Å²) in [4.78, 5) is 63.2. The molecule has 2 fully saturated rings. The average molecular weight is 1190 g/mol. The summed E-state index contributed by atoms with van der Waals surface area (Å²) in [6.45, 7) is 17.8. The Morgan fingerprint density at radius 2 is 1.63 bits per heavy atom. The fourth-order valence-electron chi connectivity index (χ4n) is 11.9. The van der Waals surface area contributed by atoms with Crippen molar-refractivity contribution < 1.29 is 77.1 Å². The van der Waals surface area contributed by atoms with Crippen molar-refractivity contribution in [2.75, 3.05) is 56.6 Å². The fourth-order valence-corrected chi connectivity index (χ4v) is 11.9. The van der Waals surface area contributed by atoms with E-state index in [1.54, 1.807) is 49.8 Å². The molecule has 5 aliphatic heterocycles. The minimum Gasteiger partial charge on any atom is -0.508 e. The van der Waals surface area contributed by atoms with Gasteiger partial charge in [-0.15, -0.1) is 0 Å². The number of ether oxygens (including phenoxy) is 4. The molecule has 2 aromatic heterocycles. The van der Waals surface area contributed by atoms with Crippen molar-refractivity contribution in [3.05, 3.63) is 123 Å². The van der Waals surface area contributed by atoms with Gasteiger partial charge in [0.1, 0.15) is 40.7 Å². The molecule has 5 aliphatic rings. The molecule has 86 heavy (non-hydrogen) atoms. The summed E-state index contributed by atoms with van der Waals surface area (Å²) in [5.41, 5.74) is -2.29. The standard InChI is InChI=1S/C62H70F3N7O14/c1-29-12-11-13-30(2)61(82)67-49-40(26-66-71-21-19-69(20-22-71)38-16-18-70(27-38)60-43(65)25-39-53(78)41(35(7)73)28-72(59(39)68-60)44-15-14-37(63)24-42(44)64)54(79)46-47(55(49)80)52(77)34(6)57-48(46)58(81)62(9,86-57)84-23-17-45(83-10)31(3)56(85-36(8)74)33(5)51(76)32(4)50(29)75/h11-15,17,23-26,28-29,31-33,38,45,50-51,56,73,75-77,79-80H,7,16,18-22,27H2,1-6,8-10H3,(H,67,82)/b12-11+,23-17+,30-13-,66-26+/t29-,31+,32+,33+,38?,45-,50-,51+,56+,62-/m0/s1. The van der Waals surface area contributed by atoms with Gasteiger partial charge in [-0.1, -0.05) is 52.5 Å². The van der Waals surface area contributed by atoms with Crippen LogP contribution in [0.4, 0.5) is 24.7 Å². The SMILES string of the molecule is C=C(O)c1cn(-c2ccc(F)cc2F)c2nc(N3CCC(N4CCN(/N=C/c5c6c(O)c7c(O)c(C)c8c(c7c5O)C(=O)[C@@](C)(O/C=C/[C@H](OC)[C@@H](C)[C@@H](OC(C)=O)[C@H](C)[C@H](O)[C@H](C)[C@@H](O)[C@@H](C)/C=C/C=C(/C)C(=O)N6)O8)CC4)C3)c(F)cc2c1=O. The zero-order valence-corrected chi connectivity index (χ0v) is 49.0. The van der Waals surface area contributed by atoms with Gasteiger partial charge in [-0.25, -0.2) is 18.2 Å². The number of Topliss-reactive ketones (excluding diaryl/α,β-unsaturated/α-hetero) is 1. The third-order valence-corrected chi connectivity index (χ3v) is 17.0. The summed E-state index contributed by atoms with van der Waals surface area (Å²) in [5, 5.41) is 77.9. The molecule has 0 saturated carbocycles. The van der Waals surface area contributed by atoms with E-state index in [1.165, 1.54) is 53.2 Å². The Balaban J connectivity index is 1.02. The van der Waals surface area contributed by atoms with Crippen molar-refractivity contribution >= 4 is 62.9 Å². The second kappa shape index (κ2) is 24.5. The lowest BCUT2D eigenvalue weighted by atomic mass is 9.78. The van der Waals surface area contributed by atoms with Gasteiger partial charge >= 0.3 is 11.8 Å². The zero-order valence-electron chi connectivity index (χ0n) is 49.0. The summed E-state index contributed by atoms with van der Waals surface area (Å²) in [6.07, 6.45) is 6.01. The number of carbonyl (C=O) groups is 3. The Hall–Kier alpha value is -8.45. The van der Waals surface area contributed by atoms with Crippen LogP contribution in [0, 0.1) is 48.0 Å². The Labute approximate surface area is 493 Å². The zero-order chi connectivity index (χ0) is 62.5. The molecule has 2 saturated heterocycles. The van der Waals surface area contributed by atoms with Crippen molar-refractivity contribution in [3.8, 4) is 28.7 Å². The van der Waals surface area contributed by atoms with E-state index in [2.05, 4.69) is 26.9 Å². The average Bonchev–Trinajstić information content (AvgIpc) is 1.59. The van der Waals surface area contributed by atoms with Gasteiger partial charge in [0.05, 0.1) is 69.6 Å². The lowest BCUT2D eigenvalue weighted by Gasteiger charge is -2.38. The highest BCUT2D eigenvalue weighted by Gasteiger charge is 2.50. The number of rotatable bonds is 8. The predicted octanol–water partition coefficient (Wildman–Crippen LogP) is 7.63. The van der Waals surface area contributed by atoms with Crippen LogP contribution in [0.3, 0.4) is 0 Å². The number of ketones is 1. The number of aliphatic hydroxyl groups excluding tert-OH is 3. The van der Waals surface area contributed by atoms with Crippen molar-refractivity contribution in [2.24, 2.45) is 28.8 Å². The molecule has 7 N–H and O–H groups in total. The van der Waals surface area contributed by atoms with E-state index in [1.807, 2.05) is 0 Å². The van der Waals surface area contributed by atoms with Gasteiger partial charge in [-0.2, -0.15) is 5.10 Å². The summed E-state index contributed by atoms with van der Waals surface area (Å²) in [7, 11) is 1.41. The van der Waals surface area contributed by atoms with Crippen LogP contribution < -0.4 is 20.4 Å². The van der Waals surface area contributed by atoms with E-state index in [-0.39, 0.29) is 73.2 Å². The molecule has 458 valence electrons. The number of anilines is 2. The van der Waals surface area contributed by atoms with Gasteiger partial charge in [-0.05, 0) is 44.5 Å². The molecule has 0 aliphatic carbocycles. The highest BCUT2D eigenvalue weighted by molar-refractivity contribution is 6.24. The number of halogens is 3. The molecule has 1 amide bonds. The van der Waals surface area contributed by atoms with Crippen LogP contribution >= 0.6 is 0 Å². The number of amides is 1. The Kier molecular flexibility index (Phi) is 17.7. The van der Waals surface area contributed by atoms with Crippen LogP contribution in [0.1, 0.15) is 81.9 Å². The molecule has 7 heterocycles. The predicted molar refractivity (Wildman–Crippen MR) is 314 cm³/mol. The normalized spacial score (nSPS) is 27.5. The second-order valence-corrected chi connectivity index (χ2v) is 22.7. The molecule has 0 radical (unpaired) electrons. The first-order chi connectivity index (χ1) is 40.7. The number of phenols is 3. The molecule has 10 rings (SSSR count). The molecule has 21 nitrogen and oxygen atoms in total. The number of esters is 1. The van der Waals surface area contributed by atoms with Crippen molar-refractivity contribution in [1.82, 2.24) is 19.5 Å². The molecule has 24 heteroatoms. The number of hydrazone groups is 1. The van der Waals surface area contributed by atoms with Crippen LogP contribution in [0.2, 0.25) is 0 Å². The van der Waals surface area contributed by atoms with E-state index in [0.29, 0.717) is 51.8 Å². The molecule has 10 atom stereocenters. The summed E-state index contributed by atoms with van der Waals surface area (Å²) < 4.78 is 70.3. The number of phenolic OH excluding ortho intramolecular Hbond substituents is 3. The lowest BCUT2D eigenvalue weighted by molar-refractivity contribution is -0.160. The molecular formula is C62H70F3N7O14. The number of hydrogen-bond donors (Lipinski definition) is 7. The number of aromatic nitrogens is 2. The van der Waals surface area contributed by atoms with Gasteiger partial charge in [0, 0.05) is 119 Å². The second-order valence-electron chi connectivity index (χ2n) is 22.7. The number of carbonyl (C=O) groups excluding carboxylic acids is 3. The van der Waals surface area contributed by atoms with E-state index in [0.717, 1.165) is 35.2 Å². The van der Waals surface area contributed by atoms with E-state index in [9.17, 15) is 54.2 Å². The molecule has 0 spiro atoms. The lowest BCUT2D eigenvalue weighted by Crippen LogP contribution is -2.49. The van der Waals surface area contributed by atoms with Crippen LogP contribution in [-0.4, -0.2) is 157 Å². The van der Waals surface area contributed by atoms with Gasteiger partial charge in [0.2, 0.25) is 5.43 Å². The van der Waals surface area contributed by atoms with Crippen molar-refractivity contribution in [2.45, 2.75) is 98.1 Å². The number of nitrogens with zero attached hydrogens (tertiary/aromatic N) is 6. The van der Waals surface area contributed by atoms with Gasteiger partial charge in [0.15, 0.2) is 23.0 Å².